The van der Waals surface area contributed by atoms with Crippen LogP contribution in [0.1, 0.15) is 60.6 Å². The van der Waals surface area contributed by atoms with Crippen LogP contribution in [-0.2, 0) is 9.53 Å². The summed E-state index contributed by atoms with van der Waals surface area (Å²) in [4.78, 5) is 12.7. The first kappa shape index (κ1) is 14.9. The predicted molar refractivity (Wildman–Crippen MR) is 93.0 cm³/mol. The minimum atomic E-state index is -0.0446. The molecule has 1 aliphatic heterocycles. The van der Waals surface area contributed by atoms with E-state index in [1.54, 1.807) is 0 Å². The highest BCUT2D eigenvalue weighted by molar-refractivity contribution is 7.10. The maximum atomic E-state index is 11.2. The zero-order chi connectivity index (χ0) is 15.8. The Balaban J connectivity index is 1.65. The number of ether oxygens (including phenoxy) is 1. The van der Waals surface area contributed by atoms with Gasteiger partial charge in [-0.2, -0.15) is 0 Å². The van der Waals surface area contributed by atoms with Gasteiger partial charge in [-0.15, -0.1) is 11.3 Å². The number of amides is 1. The van der Waals surface area contributed by atoms with Crippen LogP contribution in [0.3, 0.4) is 0 Å². The number of carbonyl (C=O) groups excluding carboxylic acids is 1. The fourth-order valence-corrected chi connectivity index (χ4v) is 4.98. The zero-order valence-corrected chi connectivity index (χ0v) is 14.1. The second kappa shape index (κ2) is 6.10. The Morgan fingerprint density at radius 2 is 1.96 bits per heavy atom. The maximum absolute atomic E-state index is 11.2. The van der Waals surface area contributed by atoms with Gasteiger partial charge < -0.3 is 10.1 Å². The highest BCUT2D eigenvalue weighted by atomic mass is 32.1. The maximum Gasteiger partial charge on any atom is 0.221 e. The van der Waals surface area contributed by atoms with Gasteiger partial charge in [0.2, 0.25) is 5.91 Å². The first-order valence-corrected chi connectivity index (χ1v) is 9.20. The average Bonchev–Trinajstić information content (AvgIpc) is 3.04. The van der Waals surface area contributed by atoms with Crippen LogP contribution in [0.15, 0.2) is 35.7 Å². The minimum absolute atomic E-state index is 0.0296. The van der Waals surface area contributed by atoms with Crippen molar-refractivity contribution < 1.29 is 9.53 Å². The molecule has 1 saturated carbocycles. The van der Waals surface area contributed by atoms with Gasteiger partial charge in [-0.3, -0.25) is 4.79 Å². The van der Waals surface area contributed by atoms with E-state index in [2.05, 4.69) is 28.9 Å². The summed E-state index contributed by atoms with van der Waals surface area (Å²) < 4.78 is 6.50. The molecule has 2 heterocycles. The lowest BCUT2D eigenvalue weighted by Gasteiger charge is -2.39. The van der Waals surface area contributed by atoms with Gasteiger partial charge in [0.25, 0.3) is 0 Å². The first-order chi connectivity index (χ1) is 11.2. The molecule has 0 saturated heterocycles. The lowest BCUT2D eigenvalue weighted by atomic mass is 9.80. The molecule has 0 spiro atoms. The molecule has 1 aliphatic carbocycles. The summed E-state index contributed by atoms with van der Waals surface area (Å²) in [6.45, 7) is 1.53. The van der Waals surface area contributed by atoms with E-state index in [0.717, 1.165) is 5.69 Å². The van der Waals surface area contributed by atoms with Crippen molar-refractivity contribution in [2.24, 2.45) is 0 Å². The number of anilines is 1. The fraction of sp³-hybridized carbons (Fsp3) is 0.421. The summed E-state index contributed by atoms with van der Waals surface area (Å²) in [5, 5.41) is 5.01. The van der Waals surface area contributed by atoms with Gasteiger partial charge in [0.05, 0.1) is 6.10 Å². The lowest BCUT2D eigenvalue weighted by Crippen LogP contribution is -2.32. The Morgan fingerprint density at radius 1 is 1.17 bits per heavy atom. The Bertz CT molecular complexity index is 706. The number of thiophene rings is 1. The second-order valence-electron chi connectivity index (χ2n) is 6.49. The molecule has 23 heavy (non-hydrogen) atoms. The molecule has 0 radical (unpaired) electrons. The van der Waals surface area contributed by atoms with Crippen LogP contribution in [-0.4, -0.2) is 12.0 Å². The fourth-order valence-electron chi connectivity index (χ4n) is 3.86. The topological polar surface area (TPSA) is 38.3 Å². The number of rotatable bonds is 2. The number of benzene rings is 1. The van der Waals surface area contributed by atoms with Crippen LogP contribution in [0.2, 0.25) is 0 Å². The third-order valence-corrected chi connectivity index (χ3v) is 5.96. The Morgan fingerprint density at radius 3 is 2.74 bits per heavy atom. The quantitative estimate of drug-likeness (QED) is 0.856. The summed E-state index contributed by atoms with van der Waals surface area (Å²) in [5.74, 6) is 0.547. The molecule has 1 aromatic carbocycles. The van der Waals surface area contributed by atoms with Crippen LogP contribution in [0, 0.1) is 0 Å². The van der Waals surface area contributed by atoms with Gasteiger partial charge in [-0.25, -0.2) is 0 Å². The number of carbonyl (C=O) groups is 1. The SMILES string of the molecule is CC(=O)Nc1ccc(C2OC3CCCCC3c3sccc32)cc1. The predicted octanol–water partition coefficient (Wildman–Crippen LogP) is 4.85. The standard InChI is InChI=1S/C19H21NO2S/c1-12(21)20-14-8-6-13(7-9-14)18-16-10-11-23-19(16)15-4-2-3-5-17(15)22-18/h6-11,15,17-18H,2-5H2,1H3,(H,20,21). The van der Waals surface area contributed by atoms with Gasteiger partial charge in [-0.05, 0) is 47.5 Å². The lowest BCUT2D eigenvalue weighted by molar-refractivity contribution is -0.114. The van der Waals surface area contributed by atoms with E-state index in [1.165, 1.54) is 48.6 Å². The summed E-state index contributed by atoms with van der Waals surface area (Å²) in [6, 6.07) is 10.3. The molecule has 1 fully saturated rings. The van der Waals surface area contributed by atoms with Crippen LogP contribution >= 0.6 is 11.3 Å². The molecule has 3 atom stereocenters. The molecule has 2 aromatic rings. The van der Waals surface area contributed by atoms with E-state index in [9.17, 15) is 4.79 Å². The second-order valence-corrected chi connectivity index (χ2v) is 7.44. The van der Waals surface area contributed by atoms with Crippen molar-refractivity contribution in [3.63, 3.8) is 0 Å². The van der Waals surface area contributed by atoms with Crippen LogP contribution in [0.25, 0.3) is 0 Å². The number of hydrogen-bond acceptors (Lipinski definition) is 3. The molecule has 2 aliphatic rings. The van der Waals surface area contributed by atoms with Gasteiger partial charge in [0, 0.05) is 23.4 Å². The van der Waals surface area contributed by atoms with E-state index in [-0.39, 0.29) is 12.0 Å². The van der Waals surface area contributed by atoms with Crippen LogP contribution < -0.4 is 5.32 Å². The number of fused-ring (bicyclic) bond motifs is 3. The molecule has 3 nitrogen and oxygen atoms in total. The molecule has 0 bridgehead atoms. The molecule has 4 heteroatoms. The van der Waals surface area contributed by atoms with E-state index in [1.807, 2.05) is 23.5 Å². The van der Waals surface area contributed by atoms with E-state index >= 15 is 0 Å². The smallest absolute Gasteiger partial charge is 0.221 e. The van der Waals surface area contributed by atoms with Crippen molar-refractivity contribution in [2.45, 2.75) is 50.7 Å². The average molecular weight is 327 g/mol. The number of hydrogen-bond donors (Lipinski definition) is 1. The third-order valence-electron chi connectivity index (χ3n) is 4.89. The normalized spacial score (nSPS) is 26.2. The first-order valence-electron chi connectivity index (χ1n) is 8.32. The third kappa shape index (κ3) is 2.81. The molecule has 4 rings (SSSR count). The van der Waals surface area contributed by atoms with Crippen molar-refractivity contribution in [1.82, 2.24) is 0 Å². The molecular formula is C19H21NO2S. The molecule has 3 unspecified atom stereocenters. The Hall–Kier alpha value is -1.65. The van der Waals surface area contributed by atoms with Crippen molar-refractivity contribution in [1.29, 1.82) is 0 Å². The summed E-state index contributed by atoms with van der Waals surface area (Å²) in [7, 11) is 0. The highest BCUT2D eigenvalue weighted by Crippen LogP contribution is 2.48. The van der Waals surface area contributed by atoms with Gasteiger partial charge in [0.15, 0.2) is 0 Å². The van der Waals surface area contributed by atoms with E-state index < -0.39 is 0 Å². The zero-order valence-electron chi connectivity index (χ0n) is 13.2. The largest absolute Gasteiger partial charge is 0.365 e. The summed E-state index contributed by atoms with van der Waals surface area (Å²) in [6.07, 6.45) is 5.40. The molecule has 1 N–H and O–H groups in total. The van der Waals surface area contributed by atoms with E-state index in [4.69, 9.17) is 4.74 Å². The van der Waals surface area contributed by atoms with Crippen LogP contribution in [0.5, 0.6) is 0 Å². The molecule has 1 amide bonds. The van der Waals surface area contributed by atoms with Crippen molar-refractivity contribution >= 4 is 22.9 Å². The Labute approximate surface area is 140 Å². The molecule has 120 valence electrons. The van der Waals surface area contributed by atoms with Crippen molar-refractivity contribution in [3.8, 4) is 0 Å². The number of nitrogens with one attached hydrogen (secondary N) is 1. The van der Waals surface area contributed by atoms with Crippen molar-refractivity contribution in [3.05, 3.63) is 51.7 Å². The molecular weight excluding hydrogens is 306 g/mol. The van der Waals surface area contributed by atoms with Crippen LogP contribution in [0.4, 0.5) is 5.69 Å². The van der Waals surface area contributed by atoms with E-state index in [0.29, 0.717) is 12.0 Å². The highest BCUT2D eigenvalue weighted by Gasteiger charge is 2.38. The van der Waals surface area contributed by atoms with Gasteiger partial charge >= 0.3 is 0 Å². The summed E-state index contributed by atoms with van der Waals surface area (Å²) in [5.41, 5.74) is 3.34. The van der Waals surface area contributed by atoms with Gasteiger partial charge in [0.1, 0.15) is 6.10 Å². The summed E-state index contributed by atoms with van der Waals surface area (Å²) >= 11 is 1.88. The molecule has 1 aromatic heterocycles. The Kier molecular flexibility index (Phi) is 3.95. The monoisotopic (exact) mass is 327 g/mol. The van der Waals surface area contributed by atoms with Gasteiger partial charge in [-0.1, -0.05) is 25.0 Å². The minimum Gasteiger partial charge on any atom is -0.365 e. The van der Waals surface area contributed by atoms with Crippen molar-refractivity contribution in [2.75, 3.05) is 5.32 Å².